The smallest absolute Gasteiger partial charge is 0.248 e. The van der Waals surface area contributed by atoms with Gasteiger partial charge in [0.25, 0.3) is 0 Å². The topological polar surface area (TPSA) is 65.1 Å². The monoisotopic (exact) mass is 379 g/mol. The number of hydrogen-bond donors (Lipinski definition) is 1. The van der Waals surface area contributed by atoms with E-state index in [1.807, 2.05) is 12.1 Å². The molecule has 0 aliphatic carbocycles. The molecule has 1 fully saturated rings. The highest BCUT2D eigenvalue weighted by molar-refractivity contribution is 7.98. The quantitative estimate of drug-likeness (QED) is 0.543. The summed E-state index contributed by atoms with van der Waals surface area (Å²) in [7, 11) is 0. The minimum Gasteiger partial charge on any atom is -0.367 e. The maximum absolute atomic E-state index is 11.2. The molecular weight excluding hydrogens is 358 g/mol. The van der Waals surface area contributed by atoms with E-state index in [0.717, 1.165) is 48.5 Å². The number of thioether (sulfide) groups is 1. The molecule has 3 aromatic rings. The van der Waals surface area contributed by atoms with Crippen LogP contribution in [0.5, 0.6) is 0 Å². The molecule has 1 saturated heterocycles. The first kappa shape index (κ1) is 17.6. The van der Waals surface area contributed by atoms with E-state index in [0.29, 0.717) is 0 Å². The molecule has 1 aliphatic heterocycles. The molecule has 0 bridgehead atoms. The van der Waals surface area contributed by atoms with Gasteiger partial charge in [0.1, 0.15) is 17.2 Å². The number of H-pyrrole nitrogens is 1. The summed E-state index contributed by atoms with van der Waals surface area (Å²) in [6, 6.07) is 15.9. The van der Waals surface area contributed by atoms with Crippen LogP contribution in [0.4, 0.5) is 11.5 Å². The fraction of sp³-hybridized carbons (Fsp3) is 0.250. The third-order valence-electron chi connectivity index (χ3n) is 4.59. The molecule has 7 heteroatoms. The van der Waals surface area contributed by atoms with Crippen molar-refractivity contribution in [2.45, 2.75) is 10.8 Å². The van der Waals surface area contributed by atoms with E-state index in [1.165, 1.54) is 5.56 Å². The third-order valence-corrected chi connectivity index (χ3v) is 5.59. The van der Waals surface area contributed by atoms with Gasteiger partial charge in [0.2, 0.25) is 5.56 Å². The molecule has 0 amide bonds. The molecule has 1 aromatic carbocycles. The molecule has 0 atom stereocenters. The first-order valence-electron chi connectivity index (χ1n) is 8.95. The minimum atomic E-state index is -0.0705. The lowest BCUT2D eigenvalue weighted by molar-refractivity contribution is 0.644. The molecule has 0 spiro atoms. The highest BCUT2D eigenvalue weighted by atomic mass is 32.2. The number of benzene rings is 1. The lowest BCUT2D eigenvalue weighted by Gasteiger charge is -2.36. The van der Waals surface area contributed by atoms with Crippen molar-refractivity contribution in [3.63, 3.8) is 0 Å². The summed E-state index contributed by atoms with van der Waals surface area (Å²) >= 11 is 1.73. The van der Waals surface area contributed by atoms with E-state index in [-0.39, 0.29) is 5.56 Å². The van der Waals surface area contributed by atoms with E-state index < -0.39 is 0 Å². The van der Waals surface area contributed by atoms with Gasteiger partial charge in [-0.15, -0.1) is 11.8 Å². The van der Waals surface area contributed by atoms with E-state index in [1.54, 1.807) is 30.4 Å². The summed E-state index contributed by atoms with van der Waals surface area (Å²) in [5.41, 5.74) is 2.27. The van der Waals surface area contributed by atoms with Gasteiger partial charge in [-0.3, -0.25) is 4.79 Å². The summed E-state index contributed by atoms with van der Waals surface area (Å²) < 4.78 is 0. The minimum absolute atomic E-state index is 0.0705. The zero-order chi connectivity index (χ0) is 18.5. The van der Waals surface area contributed by atoms with Gasteiger partial charge in [0.05, 0.1) is 5.69 Å². The summed E-state index contributed by atoms with van der Waals surface area (Å²) in [6.45, 7) is 3.56. The average molecular weight is 379 g/mol. The Morgan fingerprint density at radius 1 is 0.963 bits per heavy atom. The fourth-order valence-corrected chi connectivity index (χ4v) is 3.92. The van der Waals surface area contributed by atoms with Crippen LogP contribution >= 0.6 is 11.8 Å². The molecule has 138 valence electrons. The van der Waals surface area contributed by atoms with E-state index in [9.17, 15) is 4.79 Å². The normalized spacial score (nSPS) is 14.4. The van der Waals surface area contributed by atoms with Crippen LogP contribution in [0.2, 0.25) is 0 Å². The number of nitrogens with zero attached hydrogens (tertiary/aromatic N) is 4. The Kier molecular flexibility index (Phi) is 5.39. The second-order valence-corrected chi connectivity index (χ2v) is 7.37. The molecule has 0 radical (unpaired) electrons. The van der Waals surface area contributed by atoms with E-state index >= 15 is 0 Å². The van der Waals surface area contributed by atoms with Crippen molar-refractivity contribution in [2.24, 2.45) is 0 Å². The molecule has 27 heavy (non-hydrogen) atoms. The van der Waals surface area contributed by atoms with Gasteiger partial charge in [-0.05, 0) is 11.6 Å². The Morgan fingerprint density at radius 3 is 2.48 bits per heavy atom. The number of nitrogens with one attached hydrogen (secondary N) is 1. The summed E-state index contributed by atoms with van der Waals surface area (Å²) in [5, 5.41) is 0.993. The SMILES string of the molecule is O=c1ccc(N2CCN(c3cc(SCc4ccccc4)ncn3)CC2)c[nH]1. The summed E-state index contributed by atoms with van der Waals surface area (Å²) in [5.74, 6) is 1.87. The summed E-state index contributed by atoms with van der Waals surface area (Å²) in [6.07, 6.45) is 3.43. The maximum Gasteiger partial charge on any atom is 0.248 e. The van der Waals surface area contributed by atoms with E-state index in [2.05, 4.69) is 55.1 Å². The van der Waals surface area contributed by atoms with Crippen LogP contribution in [0.15, 0.2) is 70.9 Å². The molecule has 3 heterocycles. The Balaban J connectivity index is 1.37. The lowest BCUT2D eigenvalue weighted by atomic mass is 10.2. The van der Waals surface area contributed by atoms with Gasteiger partial charge >= 0.3 is 0 Å². The zero-order valence-corrected chi connectivity index (χ0v) is 15.7. The van der Waals surface area contributed by atoms with Gasteiger partial charge in [-0.25, -0.2) is 9.97 Å². The van der Waals surface area contributed by atoms with Crippen LogP contribution in [-0.4, -0.2) is 41.1 Å². The highest BCUT2D eigenvalue weighted by Crippen LogP contribution is 2.24. The Hall–Kier alpha value is -2.80. The predicted octanol–water partition coefficient (Wildman–Crippen LogP) is 2.78. The first-order chi connectivity index (χ1) is 13.3. The largest absolute Gasteiger partial charge is 0.367 e. The van der Waals surface area contributed by atoms with Crippen LogP contribution in [-0.2, 0) is 5.75 Å². The van der Waals surface area contributed by atoms with Crippen molar-refractivity contribution < 1.29 is 0 Å². The average Bonchev–Trinajstić information content (AvgIpc) is 2.74. The number of pyridine rings is 1. The number of anilines is 2. The number of hydrogen-bond acceptors (Lipinski definition) is 6. The highest BCUT2D eigenvalue weighted by Gasteiger charge is 2.19. The van der Waals surface area contributed by atoms with Crippen molar-refractivity contribution in [3.05, 3.63) is 77.0 Å². The van der Waals surface area contributed by atoms with Crippen LogP contribution < -0.4 is 15.4 Å². The van der Waals surface area contributed by atoms with Gasteiger partial charge in [-0.1, -0.05) is 30.3 Å². The Labute approximate surface area is 162 Å². The molecule has 1 aliphatic rings. The van der Waals surface area contributed by atoms with Crippen molar-refractivity contribution >= 4 is 23.3 Å². The summed E-state index contributed by atoms with van der Waals surface area (Å²) in [4.78, 5) is 27.4. The number of aromatic amines is 1. The molecule has 4 rings (SSSR count). The van der Waals surface area contributed by atoms with Crippen LogP contribution in [0.3, 0.4) is 0 Å². The van der Waals surface area contributed by atoms with Gasteiger partial charge in [0.15, 0.2) is 0 Å². The number of aromatic nitrogens is 3. The van der Waals surface area contributed by atoms with Gasteiger partial charge in [0, 0.05) is 50.3 Å². The number of piperazine rings is 1. The fourth-order valence-electron chi connectivity index (χ4n) is 3.11. The molecule has 6 nitrogen and oxygen atoms in total. The van der Waals surface area contributed by atoms with Gasteiger partial charge in [-0.2, -0.15) is 0 Å². The molecule has 2 aromatic heterocycles. The van der Waals surface area contributed by atoms with Crippen LogP contribution in [0, 0.1) is 0 Å². The van der Waals surface area contributed by atoms with Crippen molar-refractivity contribution in [2.75, 3.05) is 36.0 Å². The Bertz CT molecular complexity index is 918. The molecule has 0 saturated carbocycles. The van der Waals surface area contributed by atoms with Crippen molar-refractivity contribution in [1.29, 1.82) is 0 Å². The second-order valence-electron chi connectivity index (χ2n) is 6.37. The van der Waals surface area contributed by atoms with Crippen molar-refractivity contribution in [3.8, 4) is 0 Å². The third kappa shape index (κ3) is 4.49. The molecule has 0 unspecified atom stereocenters. The van der Waals surface area contributed by atoms with Crippen molar-refractivity contribution in [1.82, 2.24) is 15.0 Å². The maximum atomic E-state index is 11.2. The second kappa shape index (κ2) is 8.26. The standard InChI is InChI=1S/C20H21N5OS/c26-19-7-6-17(13-21-19)24-8-10-25(11-9-24)18-12-20(23-15-22-18)27-14-16-4-2-1-3-5-16/h1-7,12-13,15H,8-11,14H2,(H,21,26). The van der Waals surface area contributed by atoms with E-state index in [4.69, 9.17) is 0 Å². The lowest BCUT2D eigenvalue weighted by Crippen LogP contribution is -2.47. The predicted molar refractivity (Wildman–Crippen MR) is 110 cm³/mol. The Morgan fingerprint density at radius 2 is 1.74 bits per heavy atom. The van der Waals surface area contributed by atoms with Crippen LogP contribution in [0.1, 0.15) is 5.56 Å². The van der Waals surface area contributed by atoms with Gasteiger partial charge < -0.3 is 14.8 Å². The zero-order valence-electron chi connectivity index (χ0n) is 14.9. The number of rotatable bonds is 5. The van der Waals surface area contributed by atoms with Crippen LogP contribution in [0.25, 0.3) is 0 Å². The molecule has 1 N–H and O–H groups in total. The first-order valence-corrected chi connectivity index (χ1v) is 9.94. The molecular formula is C20H21N5OS.